The zero-order valence-corrected chi connectivity index (χ0v) is 22.1. The number of sulfone groups is 1. The van der Waals surface area contributed by atoms with E-state index in [-0.39, 0.29) is 24.0 Å². The number of hydrogen-bond acceptors (Lipinski definition) is 4. The molecule has 0 aliphatic carbocycles. The van der Waals surface area contributed by atoms with Crippen molar-refractivity contribution in [2.24, 2.45) is 4.99 Å². The number of guanidine groups is 1. The molecule has 0 amide bonds. The second-order valence-electron chi connectivity index (χ2n) is 7.53. The highest BCUT2D eigenvalue weighted by Gasteiger charge is 2.11. The van der Waals surface area contributed by atoms with Crippen molar-refractivity contribution in [1.29, 1.82) is 0 Å². The number of hydrogen-bond donors (Lipinski definition) is 2. The molecule has 2 aromatic carbocycles. The Morgan fingerprint density at radius 3 is 2.45 bits per heavy atom. The van der Waals surface area contributed by atoms with E-state index in [1.807, 2.05) is 37.3 Å². The first-order valence-corrected chi connectivity index (χ1v) is 12.1. The van der Waals surface area contributed by atoms with Crippen molar-refractivity contribution in [2.45, 2.75) is 45.1 Å². The maximum atomic E-state index is 11.8. The van der Waals surface area contributed by atoms with Crippen LogP contribution in [-0.4, -0.2) is 40.3 Å². The molecule has 0 saturated heterocycles. The van der Waals surface area contributed by atoms with Gasteiger partial charge < -0.3 is 15.4 Å². The van der Waals surface area contributed by atoms with Crippen molar-refractivity contribution >= 4 is 39.8 Å². The largest absolute Gasteiger partial charge is 0.491 e. The molecule has 8 heteroatoms. The zero-order chi connectivity index (χ0) is 22.1. The van der Waals surface area contributed by atoms with E-state index in [1.165, 1.54) is 11.8 Å². The SMILES string of the molecule is CCNC(=NCc1ccc(S(C)(=O)=O)c(C)c1)NCCOc1ccccc1C(C)C.I. The van der Waals surface area contributed by atoms with Gasteiger partial charge in [0.25, 0.3) is 0 Å². The fraction of sp³-hybridized carbons (Fsp3) is 0.435. The summed E-state index contributed by atoms with van der Waals surface area (Å²) in [4.78, 5) is 4.96. The van der Waals surface area contributed by atoms with E-state index in [4.69, 9.17) is 4.74 Å². The molecule has 0 atom stereocenters. The Hall–Kier alpha value is -1.81. The minimum absolute atomic E-state index is 0. The molecule has 172 valence electrons. The number of aryl methyl sites for hydroxylation is 1. The average molecular weight is 560 g/mol. The number of nitrogens with zero attached hydrogens (tertiary/aromatic N) is 1. The summed E-state index contributed by atoms with van der Waals surface area (Å²) in [5, 5.41) is 6.50. The lowest BCUT2D eigenvalue weighted by Gasteiger charge is -2.15. The van der Waals surface area contributed by atoms with Crippen LogP contribution in [0.1, 0.15) is 43.4 Å². The average Bonchev–Trinajstić information content (AvgIpc) is 2.68. The van der Waals surface area contributed by atoms with Gasteiger partial charge in [0.15, 0.2) is 15.8 Å². The van der Waals surface area contributed by atoms with Crippen LogP contribution in [0.2, 0.25) is 0 Å². The molecular weight excluding hydrogens is 525 g/mol. The van der Waals surface area contributed by atoms with Crippen LogP contribution in [-0.2, 0) is 16.4 Å². The lowest BCUT2D eigenvalue weighted by molar-refractivity contribution is 0.317. The minimum atomic E-state index is -3.21. The van der Waals surface area contributed by atoms with Crippen LogP contribution in [0.3, 0.4) is 0 Å². The van der Waals surface area contributed by atoms with Crippen molar-refractivity contribution < 1.29 is 13.2 Å². The molecule has 0 radical (unpaired) electrons. The Morgan fingerprint density at radius 2 is 1.84 bits per heavy atom. The first kappa shape index (κ1) is 27.2. The molecule has 0 aromatic heterocycles. The third kappa shape index (κ3) is 8.68. The van der Waals surface area contributed by atoms with Gasteiger partial charge in [0.2, 0.25) is 0 Å². The molecule has 6 nitrogen and oxygen atoms in total. The summed E-state index contributed by atoms with van der Waals surface area (Å²) < 4.78 is 29.5. The molecule has 2 rings (SSSR count). The van der Waals surface area contributed by atoms with Gasteiger partial charge in [-0.1, -0.05) is 44.2 Å². The smallest absolute Gasteiger partial charge is 0.191 e. The fourth-order valence-corrected chi connectivity index (χ4v) is 4.12. The Labute approximate surface area is 203 Å². The maximum absolute atomic E-state index is 11.8. The van der Waals surface area contributed by atoms with Crippen LogP contribution in [0.15, 0.2) is 52.4 Å². The van der Waals surface area contributed by atoms with Gasteiger partial charge in [0.05, 0.1) is 18.0 Å². The predicted octanol–water partition coefficient (Wildman–Crippen LogP) is 4.27. The van der Waals surface area contributed by atoms with Crippen molar-refractivity contribution in [3.05, 3.63) is 59.2 Å². The van der Waals surface area contributed by atoms with Gasteiger partial charge in [-0.15, -0.1) is 24.0 Å². The first-order valence-electron chi connectivity index (χ1n) is 10.3. The van der Waals surface area contributed by atoms with Crippen LogP contribution in [0.25, 0.3) is 0 Å². The molecular formula is C23H34IN3O3S. The van der Waals surface area contributed by atoms with Crippen LogP contribution in [0.4, 0.5) is 0 Å². The molecule has 0 bridgehead atoms. The van der Waals surface area contributed by atoms with E-state index in [0.29, 0.717) is 36.5 Å². The topological polar surface area (TPSA) is 79.8 Å². The van der Waals surface area contributed by atoms with Gasteiger partial charge in [-0.2, -0.15) is 0 Å². The van der Waals surface area contributed by atoms with Crippen molar-refractivity contribution in [3.63, 3.8) is 0 Å². The van der Waals surface area contributed by atoms with E-state index in [2.05, 4.69) is 35.5 Å². The third-order valence-corrected chi connectivity index (χ3v) is 5.85. The second-order valence-corrected chi connectivity index (χ2v) is 9.52. The molecule has 31 heavy (non-hydrogen) atoms. The molecule has 0 unspecified atom stereocenters. The quantitative estimate of drug-likeness (QED) is 0.208. The summed E-state index contributed by atoms with van der Waals surface area (Å²) in [7, 11) is -3.21. The standard InChI is InChI=1S/C23H33N3O3S.HI/c1-6-24-23(25-13-14-29-21-10-8-7-9-20(21)17(2)3)26-16-19-11-12-22(18(4)15-19)30(5,27)28;/h7-12,15,17H,6,13-14,16H2,1-5H3,(H2,24,25,26);1H. The number of nitrogens with one attached hydrogen (secondary N) is 2. The maximum Gasteiger partial charge on any atom is 0.191 e. The summed E-state index contributed by atoms with van der Waals surface area (Å²) in [5.74, 6) is 2.02. The van der Waals surface area contributed by atoms with E-state index >= 15 is 0 Å². The van der Waals surface area contributed by atoms with Gasteiger partial charge in [0, 0.05) is 12.8 Å². The molecule has 0 aliphatic rings. The normalized spacial score (nSPS) is 11.7. The molecule has 0 fully saturated rings. The van der Waals surface area contributed by atoms with Crippen LogP contribution < -0.4 is 15.4 Å². The van der Waals surface area contributed by atoms with Crippen LogP contribution in [0, 0.1) is 6.92 Å². The summed E-state index contributed by atoms with van der Waals surface area (Å²) in [5.41, 5.74) is 2.89. The van der Waals surface area contributed by atoms with Gasteiger partial charge in [-0.05, 0) is 48.6 Å². The zero-order valence-electron chi connectivity index (χ0n) is 18.9. The first-order chi connectivity index (χ1) is 14.2. The highest BCUT2D eigenvalue weighted by molar-refractivity contribution is 14.0. The summed E-state index contributed by atoms with van der Waals surface area (Å²) in [6, 6.07) is 13.4. The highest BCUT2D eigenvalue weighted by Crippen LogP contribution is 2.25. The lowest BCUT2D eigenvalue weighted by Crippen LogP contribution is -2.39. The van der Waals surface area contributed by atoms with Crippen LogP contribution >= 0.6 is 24.0 Å². The Kier molecular flexibility index (Phi) is 11.3. The lowest BCUT2D eigenvalue weighted by atomic mass is 10.0. The van der Waals surface area contributed by atoms with Gasteiger partial charge in [-0.3, -0.25) is 0 Å². The van der Waals surface area contributed by atoms with E-state index in [0.717, 1.165) is 23.4 Å². The Morgan fingerprint density at radius 1 is 1.13 bits per heavy atom. The summed E-state index contributed by atoms with van der Waals surface area (Å²) in [6.07, 6.45) is 1.22. The highest BCUT2D eigenvalue weighted by atomic mass is 127. The van der Waals surface area contributed by atoms with E-state index in [9.17, 15) is 8.42 Å². The summed E-state index contributed by atoms with van der Waals surface area (Å²) in [6.45, 7) is 10.5. The molecule has 0 spiro atoms. The second kappa shape index (κ2) is 12.9. The minimum Gasteiger partial charge on any atom is -0.491 e. The van der Waals surface area contributed by atoms with Gasteiger partial charge in [0.1, 0.15) is 12.4 Å². The van der Waals surface area contributed by atoms with Gasteiger partial charge >= 0.3 is 0 Å². The molecule has 0 aliphatic heterocycles. The number of rotatable bonds is 9. The fourth-order valence-electron chi connectivity index (χ4n) is 3.16. The van der Waals surface area contributed by atoms with E-state index < -0.39 is 9.84 Å². The van der Waals surface area contributed by atoms with E-state index in [1.54, 1.807) is 13.0 Å². The van der Waals surface area contributed by atoms with Crippen LogP contribution in [0.5, 0.6) is 5.75 Å². The summed E-state index contributed by atoms with van der Waals surface area (Å²) >= 11 is 0. The molecule has 2 aromatic rings. The third-order valence-electron chi connectivity index (χ3n) is 4.60. The molecule has 0 heterocycles. The number of benzene rings is 2. The van der Waals surface area contributed by atoms with Crippen molar-refractivity contribution in [3.8, 4) is 5.75 Å². The number of aliphatic imine (C=N–C) groups is 1. The van der Waals surface area contributed by atoms with Crippen molar-refractivity contribution in [1.82, 2.24) is 10.6 Å². The Balaban J connectivity index is 0.00000480. The Bertz CT molecular complexity index is 976. The molecule has 0 saturated carbocycles. The van der Waals surface area contributed by atoms with Gasteiger partial charge in [-0.25, -0.2) is 13.4 Å². The number of para-hydroxylation sites is 1. The van der Waals surface area contributed by atoms with Crippen molar-refractivity contribution in [2.75, 3.05) is 26.0 Å². The number of ether oxygens (including phenoxy) is 1. The molecule has 2 N–H and O–H groups in total. The predicted molar refractivity (Wildman–Crippen MR) is 139 cm³/mol. The number of halogens is 1. The monoisotopic (exact) mass is 559 g/mol.